The molecule has 0 aliphatic heterocycles. The van der Waals surface area contributed by atoms with Gasteiger partial charge in [0.2, 0.25) is 0 Å². The fourth-order valence-corrected chi connectivity index (χ4v) is 2.15. The molecule has 1 N–H and O–H groups in total. The predicted molar refractivity (Wildman–Crippen MR) is 56.1 cm³/mol. The van der Waals surface area contributed by atoms with Crippen molar-refractivity contribution in [1.82, 2.24) is 5.32 Å². The summed E-state index contributed by atoms with van der Waals surface area (Å²) in [6.45, 7) is 0.770. The second-order valence-corrected chi connectivity index (χ2v) is 4.34. The molecule has 16 heavy (non-hydrogen) atoms. The molecule has 0 aromatic carbocycles. The molecular weight excluding hydrogens is 219 g/mol. The van der Waals surface area contributed by atoms with Gasteiger partial charge in [-0.2, -0.15) is 0 Å². The van der Waals surface area contributed by atoms with E-state index in [4.69, 9.17) is 0 Å². The second kappa shape index (κ2) is 7.12. The molecule has 0 spiro atoms. The molecule has 0 radical (unpaired) electrons. The van der Waals surface area contributed by atoms with Crippen LogP contribution in [0.4, 0.5) is 13.2 Å². The lowest BCUT2D eigenvalue weighted by Crippen LogP contribution is -2.26. The van der Waals surface area contributed by atoms with Crippen LogP contribution in [0.2, 0.25) is 0 Å². The molecule has 0 atom stereocenters. The Bertz CT molecular complexity index is 179. The number of halogens is 3. The SMILES string of the molecule is FC(F)(F)OCCNCCC1CCCCC1. The Balaban J connectivity index is 1.87. The van der Waals surface area contributed by atoms with Gasteiger partial charge in [0.15, 0.2) is 0 Å². The summed E-state index contributed by atoms with van der Waals surface area (Å²) in [5.74, 6) is 0.768. The Morgan fingerprint density at radius 1 is 1.06 bits per heavy atom. The van der Waals surface area contributed by atoms with Crippen LogP contribution >= 0.6 is 0 Å². The minimum atomic E-state index is -4.49. The van der Waals surface area contributed by atoms with Crippen molar-refractivity contribution in [3.8, 4) is 0 Å². The lowest BCUT2D eigenvalue weighted by Gasteiger charge is -2.21. The van der Waals surface area contributed by atoms with Gasteiger partial charge in [-0.25, -0.2) is 0 Å². The summed E-state index contributed by atoms with van der Waals surface area (Å²) in [6.07, 6.45) is 3.09. The first-order valence-electron chi connectivity index (χ1n) is 5.99. The Morgan fingerprint density at radius 2 is 1.75 bits per heavy atom. The zero-order valence-electron chi connectivity index (χ0n) is 9.48. The first kappa shape index (κ1) is 13.8. The van der Waals surface area contributed by atoms with E-state index in [-0.39, 0.29) is 13.2 Å². The van der Waals surface area contributed by atoms with Gasteiger partial charge < -0.3 is 5.32 Å². The summed E-state index contributed by atoms with van der Waals surface area (Å²) in [5, 5.41) is 2.98. The fraction of sp³-hybridized carbons (Fsp3) is 1.00. The van der Waals surface area contributed by atoms with Gasteiger partial charge in [-0.3, -0.25) is 4.74 Å². The Labute approximate surface area is 94.5 Å². The van der Waals surface area contributed by atoms with E-state index in [1.807, 2.05) is 0 Å². The molecule has 1 aliphatic carbocycles. The number of alkyl halides is 3. The quantitative estimate of drug-likeness (QED) is 0.719. The minimum Gasteiger partial charge on any atom is -0.314 e. The average molecular weight is 239 g/mol. The molecule has 2 nitrogen and oxygen atoms in total. The van der Waals surface area contributed by atoms with Gasteiger partial charge >= 0.3 is 6.36 Å². The first-order chi connectivity index (χ1) is 7.58. The third-order valence-electron chi connectivity index (χ3n) is 3.00. The zero-order valence-corrected chi connectivity index (χ0v) is 9.48. The van der Waals surface area contributed by atoms with Crippen molar-refractivity contribution in [1.29, 1.82) is 0 Å². The maximum atomic E-state index is 11.6. The van der Waals surface area contributed by atoms with Crippen molar-refractivity contribution in [2.24, 2.45) is 5.92 Å². The summed E-state index contributed by atoms with van der Waals surface area (Å²) < 4.78 is 38.5. The average Bonchev–Trinajstić information content (AvgIpc) is 2.23. The molecule has 0 unspecified atom stereocenters. The van der Waals surface area contributed by atoms with E-state index >= 15 is 0 Å². The zero-order chi connectivity index (χ0) is 11.9. The summed E-state index contributed by atoms with van der Waals surface area (Å²) >= 11 is 0. The van der Waals surface area contributed by atoms with Crippen molar-refractivity contribution >= 4 is 0 Å². The molecule has 1 rings (SSSR count). The van der Waals surface area contributed by atoms with Crippen LogP contribution in [0.5, 0.6) is 0 Å². The van der Waals surface area contributed by atoms with Crippen LogP contribution in [0.15, 0.2) is 0 Å². The number of hydrogen-bond acceptors (Lipinski definition) is 2. The third kappa shape index (κ3) is 7.06. The van der Waals surface area contributed by atoms with Crippen molar-refractivity contribution in [3.05, 3.63) is 0 Å². The molecule has 0 aromatic heterocycles. The molecule has 0 heterocycles. The summed E-state index contributed by atoms with van der Waals surface area (Å²) in [6, 6.07) is 0. The van der Waals surface area contributed by atoms with E-state index in [9.17, 15) is 13.2 Å². The summed E-state index contributed by atoms with van der Waals surface area (Å²) in [4.78, 5) is 0. The van der Waals surface area contributed by atoms with E-state index in [1.54, 1.807) is 0 Å². The maximum absolute atomic E-state index is 11.6. The van der Waals surface area contributed by atoms with Crippen LogP contribution in [0.25, 0.3) is 0 Å². The van der Waals surface area contributed by atoms with Gasteiger partial charge in [0, 0.05) is 6.54 Å². The minimum absolute atomic E-state index is 0.270. The third-order valence-corrected chi connectivity index (χ3v) is 3.00. The molecule has 5 heteroatoms. The Kier molecular flexibility index (Phi) is 6.13. The van der Waals surface area contributed by atoms with Crippen LogP contribution in [-0.4, -0.2) is 26.1 Å². The highest BCUT2D eigenvalue weighted by Gasteiger charge is 2.28. The van der Waals surface area contributed by atoms with E-state index in [2.05, 4.69) is 10.1 Å². The normalized spacial score (nSPS) is 18.9. The molecule has 1 saturated carbocycles. The van der Waals surface area contributed by atoms with Crippen LogP contribution in [-0.2, 0) is 4.74 Å². The van der Waals surface area contributed by atoms with Crippen molar-refractivity contribution in [3.63, 3.8) is 0 Å². The number of hydrogen-bond donors (Lipinski definition) is 1. The number of ether oxygens (including phenoxy) is 1. The van der Waals surface area contributed by atoms with Gasteiger partial charge in [-0.15, -0.1) is 13.2 Å². The van der Waals surface area contributed by atoms with Crippen molar-refractivity contribution in [2.45, 2.75) is 44.9 Å². The molecule has 0 saturated heterocycles. The maximum Gasteiger partial charge on any atom is 0.522 e. The lowest BCUT2D eigenvalue weighted by molar-refractivity contribution is -0.323. The molecule has 0 aromatic rings. The molecule has 96 valence electrons. The van der Waals surface area contributed by atoms with Crippen molar-refractivity contribution < 1.29 is 17.9 Å². The molecular formula is C11H20F3NO. The Morgan fingerprint density at radius 3 is 2.38 bits per heavy atom. The summed E-state index contributed by atoms with van der Waals surface area (Å²) in [7, 11) is 0. The highest BCUT2D eigenvalue weighted by molar-refractivity contribution is 4.66. The molecule has 0 amide bonds. The van der Waals surface area contributed by atoms with Gasteiger partial charge in [0.1, 0.15) is 0 Å². The van der Waals surface area contributed by atoms with Gasteiger partial charge in [0.25, 0.3) is 0 Å². The highest BCUT2D eigenvalue weighted by atomic mass is 19.4. The van der Waals surface area contributed by atoms with Crippen molar-refractivity contribution in [2.75, 3.05) is 19.7 Å². The largest absolute Gasteiger partial charge is 0.522 e. The standard InChI is InChI=1S/C11H20F3NO/c12-11(13,14)16-9-8-15-7-6-10-4-2-1-3-5-10/h10,15H,1-9H2. The van der Waals surface area contributed by atoms with E-state index in [1.165, 1.54) is 32.1 Å². The number of nitrogens with one attached hydrogen (secondary N) is 1. The van der Waals surface area contributed by atoms with E-state index < -0.39 is 6.36 Å². The fourth-order valence-electron chi connectivity index (χ4n) is 2.15. The van der Waals surface area contributed by atoms with Crippen LogP contribution in [0.1, 0.15) is 38.5 Å². The lowest BCUT2D eigenvalue weighted by atomic mass is 9.87. The van der Waals surface area contributed by atoms with Gasteiger partial charge in [0.05, 0.1) is 6.61 Å². The molecule has 0 bridgehead atoms. The van der Waals surface area contributed by atoms with Crippen LogP contribution in [0.3, 0.4) is 0 Å². The number of rotatable bonds is 6. The topological polar surface area (TPSA) is 21.3 Å². The molecule has 1 aliphatic rings. The van der Waals surface area contributed by atoms with E-state index in [0.29, 0.717) is 0 Å². The predicted octanol–water partition coefficient (Wildman–Crippen LogP) is 3.08. The van der Waals surface area contributed by atoms with Gasteiger partial charge in [-0.1, -0.05) is 32.1 Å². The monoisotopic (exact) mass is 239 g/mol. The highest BCUT2D eigenvalue weighted by Crippen LogP contribution is 2.25. The second-order valence-electron chi connectivity index (χ2n) is 4.34. The smallest absolute Gasteiger partial charge is 0.314 e. The van der Waals surface area contributed by atoms with Gasteiger partial charge in [-0.05, 0) is 18.9 Å². The van der Waals surface area contributed by atoms with Crippen LogP contribution in [0, 0.1) is 5.92 Å². The Hall–Kier alpha value is -0.290. The molecule has 1 fully saturated rings. The van der Waals surface area contributed by atoms with E-state index in [0.717, 1.165) is 18.9 Å². The van der Waals surface area contributed by atoms with Crippen LogP contribution < -0.4 is 5.32 Å². The first-order valence-corrected chi connectivity index (χ1v) is 5.99. The summed E-state index contributed by atoms with van der Waals surface area (Å²) in [5.41, 5.74) is 0.